The Morgan fingerprint density at radius 3 is 2.50 bits per heavy atom. The maximum Gasteiger partial charge on any atom is 0.0701 e. The lowest BCUT2D eigenvalue weighted by Crippen LogP contribution is -2.16. The van der Waals surface area contributed by atoms with Gasteiger partial charge in [0.05, 0.1) is 3.79 Å². The zero-order valence-electron chi connectivity index (χ0n) is 9.99. The fourth-order valence-electron chi connectivity index (χ4n) is 1.80. The van der Waals surface area contributed by atoms with Crippen molar-refractivity contribution in [3.8, 4) is 0 Å². The number of halogens is 2. The first-order chi connectivity index (χ1) is 8.54. The standard InChI is InChI=1S/C13H14Br2N2S/c1-17(7-10-5-13(15)18-8-10)6-9-2-3-11(14)12(16)4-9/h2-5,8H,6-7,16H2,1H3. The Balaban J connectivity index is 1.98. The molecule has 0 spiro atoms. The molecule has 2 aromatic rings. The molecular formula is C13H14Br2N2S. The Hall–Kier alpha value is -0.360. The molecule has 96 valence electrons. The lowest BCUT2D eigenvalue weighted by molar-refractivity contribution is 0.319. The molecule has 0 atom stereocenters. The molecule has 0 fully saturated rings. The van der Waals surface area contributed by atoms with Gasteiger partial charge in [0, 0.05) is 23.2 Å². The molecule has 2 rings (SSSR count). The Kier molecular flexibility index (Phi) is 4.84. The zero-order valence-corrected chi connectivity index (χ0v) is 14.0. The molecule has 0 radical (unpaired) electrons. The van der Waals surface area contributed by atoms with E-state index in [9.17, 15) is 0 Å². The predicted octanol–water partition coefficient (Wildman–Crippen LogP) is 4.49. The summed E-state index contributed by atoms with van der Waals surface area (Å²) in [6, 6.07) is 8.28. The van der Waals surface area contributed by atoms with Crippen LogP contribution in [0.4, 0.5) is 5.69 Å². The summed E-state index contributed by atoms with van der Waals surface area (Å²) >= 11 is 8.62. The molecule has 0 unspecified atom stereocenters. The first-order valence-corrected chi connectivity index (χ1v) is 7.96. The summed E-state index contributed by atoms with van der Waals surface area (Å²) < 4.78 is 2.13. The van der Waals surface area contributed by atoms with Gasteiger partial charge in [-0.05, 0) is 73.6 Å². The highest BCUT2D eigenvalue weighted by Crippen LogP contribution is 2.23. The van der Waals surface area contributed by atoms with E-state index in [1.54, 1.807) is 11.3 Å². The second-order valence-corrected chi connectivity index (χ2v) is 7.43. The fraction of sp³-hybridized carbons (Fsp3) is 0.231. The third-order valence-electron chi connectivity index (χ3n) is 2.59. The quantitative estimate of drug-likeness (QED) is 0.780. The summed E-state index contributed by atoms with van der Waals surface area (Å²) in [5.74, 6) is 0. The van der Waals surface area contributed by atoms with E-state index in [2.05, 4.69) is 61.3 Å². The Morgan fingerprint density at radius 1 is 1.17 bits per heavy atom. The molecule has 0 saturated carbocycles. The molecule has 0 bridgehead atoms. The van der Waals surface area contributed by atoms with Crippen LogP contribution >= 0.6 is 43.2 Å². The van der Waals surface area contributed by atoms with Crippen LogP contribution in [-0.2, 0) is 13.1 Å². The summed E-state index contributed by atoms with van der Waals surface area (Å²) in [4.78, 5) is 2.27. The molecule has 1 heterocycles. The highest BCUT2D eigenvalue weighted by molar-refractivity contribution is 9.11. The van der Waals surface area contributed by atoms with Crippen LogP contribution < -0.4 is 5.73 Å². The molecule has 2 N–H and O–H groups in total. The number of anilines is 1. The van der Waals surface area contributed by atoms with Gasteiger partial charge in [0.1, 0.15) is 0 Å². The average Bonchev–Trinajstić information content (AvgIpc) is 2.69. The Bertz CT molecular complexity index is 540. The van der Waals surface area contributed by atoms with Crippen LogP contribution in [0, 0.1) is 0 Å². The smallest absolute Gasteiger partial charge is 0.0701 e. The monoisotopic (exact) mass is 388 g/mol. The number of nitrogens with zero attached hydrogens (tertiary/aromatic N) is 1. The number of thiophene rings is 1. The van der Waals surface area contributed by atoms with Crippen LogP contribution in [0.25, 0.3) is 0 Å². The Morgan fingerprint density at radius 2 is 1.89 bits per heavy atom. The molecule has 1 aromatic heterocycles. The summed E-state index contributed by atoms with van der Waals surface area (Å²) in [5.41, 5.74) is 9.24. The van der Waals surface area contributed by atoms with Crippen LogP contribution in [-0.4, -0.2) is 11.9 Å². The minimum atomic E-state index is 0.791. The zero-order chi connectivity index (χ0) is 13.1. The van der Waals surface area contributed by atoms with Crippen molar-refractivity contribution in [1.82, 2.24) is 4.90 Å². The molecule has 5 heteroatoms. The van der Waals surface area contributed by atoms with Crippen LogP contribution in [0.15, 0.2) is 37.9 Å². The molecule has 0 aliphatic heterocycles. The van der Waals surface area contributed by atoms with Crippen molar-refractivity contribution in [3.05, 3.63) is 49.0 Å². The third-order valence-corrected chi connectivity index (χ3v) is 4.86. The summed E-state index contributed by atoms with van der Waals surface area (Å²) in [5, 5.41) is 2.18. The minimum Gasteiger partial charge on any atom is -0.398 e. The normalized spacial score (nSPS) is 11.1. The summed E-state index contributed by atoms with van der Waals surface area (Å²) in [6.45, 7) is 1.84. The average molecular weight is 390 g/mol. The number of rotatable bonds is 4. The number of nitrogens with two attached hydrogens (primary N) is 1. The topological polar surface area (TPSA) is 29.3 Å². The highest BCUT2D eigenvalue weighted by atomic mass is 79.9. The van der Waals surface area contributed by atoms with E-state index in [-0.39, 0.29) is 0 Å². The SMILES string of the molecule is CN(Cc1csc(Br)c1)Cc1ccc(Br)c(N)c1. The van der Waals surface area contributed by atoms with Crippen LogP contribution in [0.2, 0.25) is 0 Å². The van der Waals surface area contributed by atoms with Crippen LogP contribution in [0.5, 0.6) is 0 Å². The molecule has 1 aromatic carbocycles. The van der Waals surface area contributed by atoms with Gasteiger partial charge in [-0.15, -0.1) is 11.3 Å². The van der Waals surface area contributed by atoms with Crippen molar-refractivity contribution in [2.75, 3.05) is 12.8 Å². The third kappa shape index (κ3) is 3.82. The maximum absolute atomic E-state index is 5.88. The lowest BCUT2D eigenvalue weighted by Gasteiger charge is -2.16. The predicted molar refractivity (Wildman–Crippen MR) is 85.7 cm³/mol. The van der Waals surface area contributed by atoms with Crippen molar-refractivity contribution >= 4 is 48.9 Å². The number of hydrogen-bond donors (Lipinski definition) is 1. The molecule has 0 aliphatic carbocycles. The second-order valence-electron chi connectivity index (χ2n) is 4.29. The van der Waals surface area contributed by atoms with Gasteiger partial charge in [-0.1, -0.05) is 6.07 Å². The number of nitrogen functional groups attached to an aromatic ring is 1. The van der Waals surface area contributed by atoms with Crippen LogP contribution in [0.1, 0.15) is 11.1 Å². The van der Waals surface area contributed by atoms with Crippen molar-refractivity contribution in [3.63, 3.8) is 0 Å². The summed E-state index contributed by atoms with van der Waals surface area (Å²) in [7, 11) is 2.11. The van der Waals surface area contributed by atoms with E-state index in [1.165, 1.54) is 14.9 Å². The first-order valence-electron chi connectivity index (χ1n) is 5.50. The van der Waals surface area contributed by atoms with E-state index in [0.29, 0.717) is 0 Å². The van der Waals surface area contributed by atoms with Crippen molar-refractivity contribution in [1.29, 1.82) is 0 Å². The van der Waals surface area contributed by atoms with Gasteiger partial charge in [0.15, 0.2) is 0 Å². The highest BCUT2D eigenvalue weighted by Gasteiger charge is 2.05. The molecular weight excluding hydrogens is 376 g/mol. The molecule has 0 aliphatic rings. The second kappa shape index (κ2) is 6.19. The van der Waals surface area contributed by atoms with Gasteiger partial charge in [-0.25, -0.2) is 0 Å². The van der Waals surface area contributed by atoms with Crippen molar-refractivity contribution < 1.29 is 0 Å². The van der Waals surface area contributed by atoms with Gasteiger partial charge in [-0.3, -0.25) is 4.90 Å². The van der Waals surface area contributed by atoms with E-state index in [0.717, 1.165) is 23.2 Å². The van der Waals surface area contributed by atoms with Gasteiger partial charge in [-0.2, -0.15) is 0 Å². The number of hydrogen-bond acceptors (Lipinski definition) is 3. The first kappa shape index (κ1) is 14.1. The number of benzene rings is 1. The maximum atomic E-state index is 5.88. The molecule has 0 saturated heterocycles. The van der Waals surface area contributed by atoms with Crippen LogP contribution in [0.3, 0.4) is 0 Å². The van der Waals surface area contributed by atoms with Gasteiger partial charge in [0.25, 0.3) is 0 Å². The van der Waals surface area contributed by atoms with E-state index in [4.69, 9.17) is 5.73 Å². The minimum absolute atomic E-state index is 0.791. The van der Waals surface area contributed by atoms with Crippen molar-refractivity contribution in [2.45, 2.75) is 13.1 Å². The van der Waals surface area contributed by atoms with E-state index in [1.807, 2.05) is 12.1 Å². The largest absolute Gasteiger partial charge is 0.398 e. The molecule has 2 nitrogen and oxygen atoms in total. The van der Waals surface area contributed by atoms with Gasteiger partial charge in [0.2, 0.25) is 0 Å². The van der Waals surface area contributed by atoms with E-state index >= 15 is 0 Å². The summed E-state index contributed by atoms with van der Waals surface area (Å²) in [6.07, 6.45) is 0. The lowest BCUT2D eigenvalue weighted by atomic mass is 10.2. The molecule has 18 heavy (non-hydrogen) atoms. The molecule has 0 amide bonds. The van der Waals surface area contributed by atoms with Crippen molar-refractivity contribution in [2.24, 2.45) is 0 Å². The van der Waals surface area contributed by atoms with E-state index < -0.39 is 0 Å². The fourth-order valence-corrected chi connectivity index (χ4v) is 3.25. The van der Waals surface area contributed by atoms with Gasteiger partial charge >= 0.3 is 0 Å². The Labute approximate surface area is 128 Å². The van der Waals surface area contributed by atoms with Gasteiger partial charge < -0.3 is 5.73 Å².